The Balaban J connectivity index is 1.10. The molecule has 168 valence electrons. The van der Waals surface area contributed by atoms with E-state index in [1.165, 1.54) is 5.56 Å². The summed E-state index contributed by atoms with van der Waals surface area (Å²) in [4.78, 5) is 0. The zero-order chi connectivity index (χ0) is 22.5. The van der Waals surface area contributed by atoms with Crippen LogP contribution >= 0.6 is 0 Å². The Morgan fingerprint density at radius 2 is 1.73 bits per heavy atom. The maximum atomic E-state index is 10.5. The van der Waals surface area contributed by atoms with E-state index >= 15 is 0 Å². The van der Waals surface area contributed by atoms with E-state index in [-0.39, 0.29) is 12.3 Å². The van der Waals surface area contributed by atoms with Crippen molar-refractivity contribution < 1.29 is 14.6 Å². The first kappa shape index (κ1) is 21.1. The molecule has 7 heteroatoms. The molecule has 3 aromatic carbocycles. The molecule has 0 aliphatic carbocycles. The van der Waals surface area contributed by atoms with Crippen LogP contribution in [0.4, 0.5) is 0 Å². The molecule has 3 aromatic rings. The van der Waals surface area contributed by atoms with Crippen molar-refractivity contribution in [2.45, 2.75) is 44.4 Å². The molecule has 0 bridgehead atoms. The zero-order valence-electron chi connectivity index (χ0n) is 18.3. The summed E-state index contributed by atoms with van der Waals surface area (Å²) in [5.74, 6) is 2.03. The zero-order valence-corrected chi connectivity index (χ0v) is 18.3. The highest BCUT2D eigenvalue weighted by atomic mass is 16.5. The van der Waals surface area contributed by atoms with Crippen molar-refractivity contribution >= 4 is 0 Å². The molecule has 0 fully saturated rings. The molecule has 5 rings (SSSR count). The van der Waals surface area contributed by atoms with E-state index in [1.54, 1.807) is 0 Å². The van der Waals surface area contributed by atoms with Crippen molar-refractivity contribution in [1.29, 1.82) is 0 Å². The van der Waals surface area contributed by atoms with Gasteiger partial charge in [-0.2, -0.15) is 0 Å². The summed E-state index contributed by atoms with van der Waals surface area (Å²) in [5, 5.41) is 25.4. The van der Waals surface area contributed by atoms with Crippen molar-refractivity contribution in [3.63, 3.8) is 0 Å². The Kier molecular flexibility index (Phi) is 6.28. The number of aryl methyl sites for hydroxylation is 2. The van der Waals surface area contributed by atoms with Gasteiger partial charge in [0.2, 0.25) is 6.17 Å². The van der Waals surface area contributed by atoms with Crippen molar-refractivity contribution in [2.75, 3.05) is 6.61 Å². The van der Waals surface area contributed by atoms with Gasteiger partial charge in [0.1, 0.15) is 23.4 Å². The minimum atomic E-state index is -0.345. The molecule has 2 aliphatic heterocycles. The van der Waals surface area contributed by atoms with Crippen LogP contribution in [-0.4, -0.2) is 17.8 Å². The van der Waals surface area contributed by atoms with Crippen molar-refractivity contribution in [3.8, 4) is 17.2 Å². The minimum absolute atomic E-state index is 0.160. The summed E-state index contributed by atoms with van der Waals surface area (Å²) in [6, 6.07) is 22.0. The predicted molar refractivity (Wildman–Crippen MR) is 124 cm³/mol. The summed E-state index contributed by atoms with van der Waals surface area (Å²) in [6.07, 6.45) is 4.13. The summed E-state index contributed by atoms with van der Waals surface area (Å²) in [5.41, 5.74) is 4.24. The van der Waals surface area contributed by atoms with Gasteiger partial charge < -0.3 is 14.6 Å². The lowest BCUT2D eigenvalue weighted by Gasteiger charge is -2.11. The van der Waals surface area contributed by atoms with Gasteiger partial charge in [-0.3, -0.25) is 0 Å². The smallest absolute Gasteiger partial charge is 0.210 e. The largest absolute Gasteiger partial charge is 0.508 e. The average molecular weight is 443 g/mol. The summed E-state index contributed by atoms with van der Waals surface area (Å²) >= 11 is 0. The lowest BCUT2D eigenvalue weighted by Crippen LogP contribution is -2.13. The van der Waals surface area contributed by atoms with Gasteiger partial charge in [-0.05, 0) is 71.5 Å². The predicted octanol–water partition coefficient (Wildman–Crippen LogP) is 6.17. The molecular weight excluding hydrogens is 416 g/mol. The second kappa shape index (κ2) is 9.81. The number of ether oxygens (including phenoxy) is 2. The second-order valence-electron chi connectivity index (χ2n) is 8.36. The fraction of sp³-hybridized carbons (Fsp3) is 0.308. The quantitative estimate of drug-likeness (QED) is 0.402. The van der Waals surface area contributed by atoms with E-state index in [9.17, 15) is 5.11 Å². The van der Waals surface area contributed by atoms with Crippen molar-refractivity contribution in [2.24, 2.45) is 20.7 Å². The number of aromatic hydroxyl groups is 1. The third-order valence-electron chi connectivity index (χ3n) is 6.00. The van der Waals surface area contributed by atoms with E-state index in [2.05, 4.69) is 44.9 Å². The van der Waals surface area contributed by atoms with Gasteiger partial charge in [0, 0.05) is 17.5 Å². The number of phenols is 1. The molecule has 1 N–H and O–H groups in total. The van der Waals surface area contributed by atoms with Crippen LogP contribution in [0.15, 0.2) is 87.4 Å². The molecule has 0 radical (unpaired) electrons. The fourth-order valence-electron chi connectivity index (χ4n) is 4.21. The molecule has 0 spiro atoms. The van der Waals surface area contributed by atoms with Gasteiger partial charge in [0.15, 0.2) is 0 Å². The summed E-state index contributed by atoms with van der Waals surface area (Å²) in [7, 11) is 0. The summed E-state index contributed by atoms with van der Waals surface area (Å²) < 4.78 is 12.0. The van der Waals surface area contributed by atoms with Gasteiger partial charge in [0.05, 0.1) is 6.61 Å². The fourth-order valence-corrected chi connectivity index (χ4v) is 4.21. The maximum Gasteiger partial charge on any atom is 0.210 e. The van der Waals surface area contributed by atoms with E-state index in [0.717, 1.165) is 60.3 Å². The third kappa shape index (κ3) is 5.19. The number of hydrogen-bond donors (Lipinski definition) is 1. The van der Waals surface area contributed by atoms with E-state index in [4.69, 9.17) is 9.47 Å². The van der Waals surface area contributed by atoms with Crippen molar-refractivity contribution in [3.05, 3.63) is 89.0 Å². The Morgan fingerprint density at radius 1 is 0.939 bits per heavy atom. The van der Waals surface area contributed by atoms with E-state index in [1.807, 2.05) is 42.5 Å². The topological polar surface area (TPSA) is 88.1 Å². The van der Waals surface area contributed by atoms with Crippen LogP contribution in [0.25, 0.3) is 0 Å². The number of benzene rings is 3. The molecule has 2 heterocycles. The molecule has 1 atom stereocenters. The first-order valence-electron chi connectivity index (χ1n) is 11.3. The molecular formula is C26H26N4O3. The number of phenolic OH excluding ortho intramolecular Hbond substituents is 1. The maximum absolute atomic E-state index is 10.5. The highest BCUT2D eigenvalue weighted by Gasteiger charge is 2.24. The standard InChI is InChI=1S/C26H26N4O3/c31-24-16-21-15-23(11-8-18-5-2-1-3-6-18)33-25(21)17-20(24)7-4-14-32-22-12-9-19(10-13-22)26-27-29-30-28-26/h1-3,5-6,9-10,12-13,16-17,23,26,31H,4,7-8,11,14-15H2. The molecule has 1 unspecified atom stereocenters. The first-order chi connectivity index (χ1) is 16.2. The Bertz CT molecular complexity index is 1130. The summed E-state index contributed by atoms with van der Waals surface area (Å²) in [6.45, 7) is 0.555. The number of nitrogens with zero attached hydrogens (tertiary/aromatic N) is 4. The number of fused-ring (bicyclic) bond motifs is 1. The SMILES string of the molecule is Oc1cc2c(cc1CCCOc1ccc(C3N=NN=N3)cc1)OC(CCc1ccccc1)C2. The first-order valence-corrected chi connectivity index (χ1v) is 11.3. The number of hydrogen-bond acceptors (Lipinski definition) is 7. The molecule has 0 amide bonds. The molecule has 33 heavy (non-hydrogen) atoms. The van der Waals surface area contributed by atoms with Gasteiger partial charge in [-0.25, -0.2) is 0 Å². The lowest BCUT2D eigenvalue weighted by atomic mass is 10.0. The lowest BCUT2D eigenvalue weighted by molar-refractivity contribution is 0.221. The second-order valence-corrected chi connectivity index (χ2v) is 8.36. The Hall–Kier alpha value is -3.74. The minimum Gasteiger partial charge on any atom is -0.508 e. The monoisotopic (exact) mass is 442 g/mol. The molecule has 2 aliphatic rings. The van der Waals surface area contributed by atoms with E-state index in [0.29, 0.717) is 12.4 Å². The third-order valence-corrected chi connectivity index (χ3v) is 6.00. The van der Waals surface area contributed by atoms with Crippen LogP contribution in [-0.2, 0) is 19.3 Å². The van der Waals surface area contributed by atoms with Gasteiger partial charge in [0.25, 0.3) is 0 Å². The van der Waals surface area contributed by atoms with Crippen LogP contribution in [0.3, 0.4) is 0 Å². The molecule has 0 saturated carbocycles. The van der Waals surface area contributed by atoms with E-state index < -0.39 is 0 Å². The molecule has 0 aromatic heterocycles. The highest BCUT2D eigenvalue weighted by Crippen LogP contribution is 2.36. The Labute approximate surface area is 192 Å². The van der Waals surface area contributed by atoms with Crippen molar-refractivity contribution in [1.82, 2.24) is 0 Å². The van der Waals surface area contributed by atoms with Crippen LogP contribution in [0, 0.1) is 0 Å². The van der Waals surface area contributed by atoms with Crippen LogP contribution in [0.2, 0.25) is 0 Å². The highest BCUT2D eigenvalue weighted by molar-refractivity contribution is 5.48. The number of rotatable bonds is 9. The van der Waals surface area contributed by atoms with Crippen LogP contribution < -0.4 is 9.47 Å². The Morgan fingerprint density at radius 3 is 2.52 bits per heavy atom. The molecule has 7 nitrogen and oxygen atoms in total. The van der Waals surface area contributed by atoms with Gasteiger partial charge >= 0.3 is 0 Å². The van der Waals surface area contributed by atoms with Gasteiger partial charge in [-0.15, -0.1) is 10.2 Å². The normalized spacial score (nSPS) is 16.7. The van der Waals surface area contributed by atoms with Crippen LogP contribution in [0.5, 0.6) is 17.2 Å². The van der Waals surface area contributed by atoms with Crippen LogP contribution in [0.1, 0.15) is 41.3 Å². The average Bonchev–Trinajstić information content (AvgIpc) is 3.51. The molecule has 0 saturated heterocycles. The van der Waals surface area contributed by atoms with Gasteiger partial charge in [-0.1, -0.05) is 42.5 Å².